The molecule has 0 aromatic heterocycles. The molecule has 0 aromatic carbocycles. The van der Waals surface area contributed by atoms with Crippen LogP contribution in [0.3, 0.4) is 0 Å². The van der Waals surface area contributed by atoms with E-state index in [1.54, 1.807) is 0 Å². The third-order valence-corrected chi connectivity index (χ3v) is 3.40. The van der Waals surface area contributed by atoms with Crippen LogP contribution in [-0.2, 0) is 4.74 Å². The molecule has 1 aliphatic carbocycles. The third kappa shape index (κ3) is 1.42. The summed E-state index contributed by atoms with van der Waals surface area (Å²) in [4.78, 5) is 17.4. The van der Waals surface area contributed by atoms with Crippen LogP contribution in [-0.4, -0.2) is 42.1 Å². The minimum absolute atomic E-state index is 0.00694. The van der Waals surface area contributed by atoms with Gasteiger partial charge >= 0.3 is 6.03 Å². The van der Waals surface area contributed by atoms with E-state index >= 15 is 0 Å². The van der Waals surface area contributed by atoms with E-state index in [1.165, 1.54) is 0 Å². The normalized spacial score (nSPS) is 36.1. The highest BCUT2D eigenvalue weighted by atomic mass is 16.5. The molecule has 2 unspecified atom stereocenters. The van der Waals surface area contributed by atoms with Crippen molar-refractivity contribution in [1.29, 1.82) is 0 Å². The molecule has 15 heavy (non-hydrogen) atoms. The van der Waals surface area contributed by atoms with Crippen molar-refractivity contribution in [2.75, 3.05) is 13.2 Å². The van der Waals surface area contributed by atoms with Crippen molar-refractivity contribution >= 4 is 11.9 Å². The molecule has 0 aromatic rings. The first-order chi connectivity index (χ1) is 7.27. The number of amides is 2. The van der Waals surface area contributed by atoms with Crippen LogP contribution in [0.4, 0.5) is 4.79 Å². The van der Waals surface area contributed by atoms with Crippen LogP contribution in [0.25, 0.3) is 0 Å². The molecule has 2 heterocycles. The maximum absolute atomic E-state index is 11.7. The molecular weight excluding hydrogens is 194 g/mol. The van der Waals surface area contributed by atoms with Gasteiger partial charge in [-0.1, -0.05) is 0 Å². The number of hydrogen-bond acceptors (Lipinski definition) is 3. The summed E-state index contributed by atoms with van der Waals surface area (Å²) in [7, 11) is 0. The van der Waals surface area contributed by atoms with Gasteiger partial charge in [-0.05, 0) is 19.3 Å². The van der Waals surface area contributed by atoms with Gasteiger partial charge in [0.2, 0.25) is 0 Å². The molecule has 2 fully saturated rings. The van der Waals surface area contributed by atoms with Gasteiger partial charge in [-0.15, -0.1) is 0 Å². The topological polar surface area (TPSA) is 67.9 Å². The van der Waals surface area contributed by atoms with Crippen molar-refractivity contribution in [2.24, 2.45) is 16.6 Å². The summed E-state index contributed by atoms with van der Waals surface area (Å²) >= 11 is 0. The van der Waals surface area contributed by atoms with E-state index in [2.05, 4.69) is 4.99 Å². The number of urea groups is 1. The van der Waals surface area contributed by atoms with E-state index in [0.717, 1.165) is 25.9 Å². The van der Waals surface area contributed by atoms with Crippen LogP contribution < -0.4 is 5.73 Å². The minimum atomic E-state index is -0.146. The van der Waals surface area contributed by atoms with Crippen molar-refractivity contribution < 1.29 is 9.53 Å². The Kier molecular flexibility index (Phi) is 1.95. The average molecular weight is 209 g/mol. The van der Waals surface area contributed by atoms with Crippen LogP contribution in [0.15, 0.2) is 4.99 Å². The monoisotopic (exact) mass is 209 g/mol. The molecule has 1 saturated heterocycles. The number of nitrogens with two attached hydrogens (primary N) is 1. The molecule has 2 atom stereocenters. The van der Waals surface area contributed by atoms with Gasteiger partial charge < -0.3 is 15.4 Å². The first-order valence-corrected chi connectivity index (χ1v) is 5.51. The lowest BCUT2D eigenvalue weighted by Crippen LogP contribution is -2.47. The molecule has 0 spiro atoms. The van der Waals surface area contributed by atoms with Crippen molar-refractivity contribution in [1.82, 2.24) is 4.90 Å². The number of amidine groups is 1. The maximum atomic E-state index is 11.7. The Bertz CT molecular complexity index is 319. The van der Waals surface area contributed by atoms with E-state index in [9.17, 15) is 4.79 Å². The van der Waals surface area contributed by atoms with Gasteiger partial charge in [0, 0.05) is 18.6 Å². The van der Waals surface area contributed by atoms with Gasteiger partial charge in [0.1, 0.15) is 5.84 Å². The predicted octanol–water partition coefficient (Wildman–Crippen LogP) is 0.347. The van der Waals surface area contributed by atoms with Crippen molar-refractivity contribution in [3.8, 4) is 0 Å². The fourth-order valence-electron chi connectivity index (χ4n) is 2.50. The second-order valence-electron chi connectivity index (χ2n) is 4.53. The summed E-state index contributed by atoms with van der Waals surface area (Å²) in [6, 6.07) is 0.243. The maximum Gasteiger partial charge on any atom is 0.346 e. The number of aliphatic imine (C=N–C) groups is 1. The number of carbonyl (C=O) groups excluding carboxylic acids is 1. The van der Waals surface area contributed by atoms with Crippen molar-refractivity contribution in [3.05, 3.63) is 0 Å². The number of ether oxygens (including phenoxy) is 1. The molecule has 3 aliphatic rings. The molecule has 2 amide bonds. The Labute approximate surface area is 88.3 Å². The minimum Gasteiger partial charge on any atom is -0.385 e. The van der Waals surface area contributed by atoms with Gasteiger partial charge in [0.05, 0.1) is 12.6 Å². The first-order valence-electron chi connectivity index (χ1n) is 5.51. The van der Waals surface area contributed by atoms with Gasteiger partial charge in [-0.25, -0.2) is 4.79 Å². The molecule has 0 radical (unpaired) electrons. The zero-order valence-corrected chi connectivity index (χ0v) is 8.56. The van der Waals surface area contributed by atoms with Gasteiger partial charge in [0.25, 0.3) is 0 Å². The summed E-state index contributed by atoms with van der Waals surface area (Å²) < 4.78 is 5.35. The third-order valence-electron chi connectivity index (χ3n) is 3.40. The number of hydrogen-bond donors (Lipinski definition) is 1. The Hall–Kier alpha value is -1.10. The zero-order chi connectivity index (χ0) is 10.4. The number of rotatable bonds is 2. The van der Waals surface area contributed by atoms with Crippen LogP contribution in [0.1, 0.15) is 19.3 Å². The number of carbonyl (C=O) groups is 1. The Morgan fingerprint density at radius 3 is 2.80 bits per heavy atom. The molecular formula is C10H15N3O2. The summed E-state index contributed by atoms with van der Waals surface area (Å²) in [5.74, 6) is 0.836. The molecule has 1 saturated carbocycles. The molecule has 5 heteroatoms. The largest absolute Gasteiger partial charge is 0.385 e. The fraction of sp³-hybridized carbons (Fsp3) is 0.800. The summed E-state index contributed by atoms with van der Waals surface area (Å²) in [6.07, 6.45) is 3.18. The summed E-state index contributed by atoms with van der Waals surface area (Å²) in [5.41, 5.74) is 5.84. The Balaban J connectivity index is 1.83. The van der Waals surface area contributed by atoms with E-state index < -0.39 is 0 Å². The van der Waals surface area contributed by atoms with Crippen molar-refractivity contribution in [2.45, 2.75) is 31.3 Å². The van der Waals surface area contributed by atoms with Gasteiger partial charge in [0.15, 0.2) is 0 Å². The molecule has 3 rings (SSSR count). The molecule has 0 bridgehead atoms. The standard InChI is InChI=1S/C10H15N3O2/c11-9-8(6-3-4-15-5-6)13(7-1-2-7)10(14)12-9/h6-8H,1-5H2,(H2,11,12,14). The average Bonchev–Trinajstić information content (AvgIpc) is 2.79. The van der Waals surface area contributed by atoms with Crippen LogP contribution in [0, 0.1) is 5.92 Å². The molecule has 2 N–H and O–H groups in total. The Morgan fingerprint density at radius 1 is 1.40 bits per heavy atom. The Morgan fingerprint density at radius 2 is 2.20 bits per heavy atom. The van der Waals surface area contributed by atoms with Crippen molar-refractivity contribution in [3.63, 3.8) is 0 Å². The van der Waals surface area contributed by atoms with E-state index in [4.69, 9.17) is 10.5 Å². The zero-order valence-electron chi connectivity index (χ0n) is 8.56. The first kappa shape index (κ1) is 9.15. The van der Waals surface area contributed by atoms with E-state index in [-0.39, 0.29) is 12.1 Å². The van der Waals surface area contributed by atoms with Crippen LogP contribution >= 0.6 is 0 Å². The van der Waals surface area contributed by atoms with Crippen LogP contribution in [0.2, 0.25) is 0 Å². The number of nitrogens with zero attached hydrogens (tertiary/aromatic N) is 2. The van der Waals surface area contributed by atoms with E-state index in [1.807, 2.05) is 4.90 Å². The van der Waals surface area contributed by atoms with Gasteiger partial charge in [-0.2, -0.15) is 4.99 Å². The highest BCUT2D eigenvalue weighted by molar-refractivity contribution is 6.03. The quantitative estimate of drug-likeness (QED) is 0.713. The smallest absolute Gasteiger partial charge is 0.346 e. The second kappa shape index (κ2) is 3.20. The lowest BCUT2D eigenvalue weighted by Gasteiger charge is -2.27. The highest BCUT2D eigenvalue weighted by Crippen LogP contribution is 2.35. The summed E-state index contributed by atoms with van der Waals surface area (Å²) in [6.45, 7) is 1.48. The lowest BCUT2D eigenvalue weighted by atomic mass is 9.97. The van der Waals surface area contributed by atoms with Gasteiger partial charge in [-0.3, -0.25) is 0 Å². The molecule has 82 valence electrons. The predicted molar refractivity (Wildman–Crippen MR) is 54.6 cm³/mol. The molecule has 2 aliphatic heterocycles. The lowest BCUT2D eigenvalue weighted by molar-refractivity contribution is 0.157. The molecule has 5 nitrogen and oxygen atoms in total. The van der Waals surface area contributed by atoms with E-state index in [0.29, 0.717) is 24.4 Å². The van der Waals surface area contributed by atoms with Crippen LogP contribution in [0.5, 0.6) is 0 Å². The highest BCUT2D eigenvalue weighted by Gasteiger charge is 2.46. The second-order valence-corrected chi connectivity index (χ2v) is 4.53. The summed E-state index contributed by atoms with van der Waals surface area (Å²) in [5, 5.41) is 0. The fourth-order valence-corrected chi connectivity index (χ4v) is 2.50. The SMILES string of the molecule is NC1=NC(=O)N(C2CC2)C1C1CCOC1.